The fraction of sp³-hybridized carbons (Fsp3) is 0.691. The number of esters is 2. The number of carboxylic acids is 1. The van der Waals surface area contributed by atoms with Crippen molar-refractivity contribution < 1.29 is 38.2 Å². The largest absolute Gasteiger partial charge is 0.544 e. The second kappa shape index (κ2) is 45.1. The summed E-state index contributed by atoms with van der Waals surface area (Å²) in [4.78, 5) is 37.0. The van der Waals surface area contributed by atoms with Gasteiger partial charge in [-0.3, -0.25) is 9.59 Å². The molecule has 0 bridgehead atoms. The molecule has 0 aliphatic heterocycles. The predicted octanol–water partition coefficient (Wildman–Crippen LogP) is 13.1. The van der Waals surface area contributed by atoms with E-state index in [0.29, 0.717) is 12.8 Å². The molecule has 0 fully saturated rings. The Morgan fingerprint density at radius 1 is 0.476 bits per heavy atom. The minimum absolute atomic E-state index is 0.0308. The van der Waals surface area contributed by atoms with E-state index in [1.54, 1.807) is 21.1 Å². The lowest BCUT2D eigenvalue weighted by Crippen LogP contribution is -2.55. The number of hydrogen-bond acceptors (Lipinski definition) is 7. The van der Waals surface area contributed by atoms with Gasteiger partial charge in [-0.2, -0.15) is 0 Å². The molecule has 0 spiro atoms. The summed E-state index contributed by atoms with van der Waals surface area (Å²) in [7, 11) is 5.40. The first-order valence-electron chi connectivity index (χ1n) is 25.1. The quantitative estimate of drug-likeness (QED) is 0.0260. The lowest BCUT2D eigenvalue weighted by atomic mass is 10.1. The van der Waals surface area contributed by atoms with Crippen molar-refractivity contribution in [1.82, 2.24) is 0 Å². The van der Waals surface area contributed by atoms with Crippen molar-refractivity contribution in [3.8, 4) is 0 Å². The molecule has 0 aliphatic rings. The van der Waals surface area contributed by atoms with Gasteiger partial charge in [-0.15, -0.1) is 0 Å². The van der Waals surface area contributed by atoms with Crippen LogP contribution in [0.15, 0.2) is 85.1 Å². The molecule has 360 valence electrons. The first kappa shape index (κ1) is 59.5. The van der Waals surface area contributed by atoms with Gasteiger partial charge < -0.3 is 28.6 Å². The zero-order valence-corrected chi connectivity index (χ0v) is 41.0. The van der Waals surface area contributed by atoms with Gasteiger partial charge in [-0.1, -0.05) is 176 Å². The summed E-state index contributed by atoms with van der Waals surface area (Å²) < 4.78 is 17.2. The normalized spacial score (nSPS) is 13.6. The molecule has 0 heterocycles. The lowest BCUT2D eigenvalue weighted by molar-refractivity contribution is -0.889. The molecule has 2 unspecified atom stereocenters. The minimum Gasteiger partial charge on any atom is -0.544 e. The van der Waals surface area contributed by atoms with Gasteiger partial charge in [0, 0.05) is 19.3 Å². The van der Waals surface area contributed by atoms with E-state index in [0.717, 1.165) is 96.3 Å². The van der Waals surface area contributed by atoms with Crippen molar-refractivity contribution in [2.45, 2.75) is 206 Å². The van der Waals surface area contributed by atoms with E-state index in [9.17, 15) is 19.5 Å². The molecular formula is C55H93NO7. The number of allylic oxidation sites excluding steroid dienone is 14. The average Bonchev–Trinajstić information content (AvgIpc) is 3.24. The number of rotatable bonds is 44. The van der Waals surface area contributed by atoms with Crippen LogP contribution in [-0.2, 0) is 28.6 Å². The van der Waals surface area contributed by atoms with Crippen LogP contribution < -0.4 is 5.11 Å². The van der Waals surface area contributed by atoms with Crippen LogP contribution in [0.4, 0.5) is 0 Å². The van der Waals surface area contributed by atoms with E-state index in [1.165, 1.54) is 64.2 Å². The van der Waals surface area contributed by atoms with E-state index < -0.39 is 18.1 Å². The predicted molar refractivity (Wildman–Crippen MR) is 263 cm³/mol. The van der Waals surface area contributed by atoms with Gasteiger partial charge in [0.05, 0.1) is 40.3 Å². The van der Waals surface area contributed by atoms with Crippen molar-refractivity contribution in [2.75, 3.05) is 41.0 Å². The standard InChI is InChI=1S/C55H93NO7/c1-6-8-10-12-14-16-18-20-22-24-26-28-29-31-33-35-37-39-41-43-45-53(57)62-50-51(49-61-48-47-52(55(59)60)56(3,4)5)63-54(58)46-44-42-40-38-36-34-32-30-27-25-23-21-19-17-15-13-11-9-7-2/h8-11,14-17,20-23,26,28,51-52H,6-7,12-13,18-19,24-25,27,29-50H2,1-5H3/b10-8+,11-9+,16-14+,17-15+,22-20+,23-21+,28-26+. The zero-order chi connectivity index (χ0) is 46.3. The summed E-state index contributed by atoms with van der Waals surface area (Å²) in [6.07, 6.45) is 58.9. The van der Waals surface area contributed by atoms with Crippen LogP contribution in [0.2, 0.25) is 0 Å². The maximum Gasteiger partial charge on any atom is 0.306 e. The molecule has 2 atom stereocenters. The van der Waals surface area contributed by atoms with Crippen molar-refractivity contribution in [2.24, 2.45) is 0 Å². The molecule has 0 aromatic rings. The fourth-order valence-corrected chi connectivity index (χ4v) is 6.96. The van der Waals surface area contributed by atoms with Gasteiger partial charge in [0.1, 0.15) is 12.6 Å². The molecular weight excluding hydrogens is 787 g/mol. The molecule has 0 N–H and O–H groups in total. The summed E-state index contributed by atoms with van der Waals surface area (Å²) in [6, 6.07) is -0.733. The Labute approximate surface area is 386 Å². The molecule has 8 heteroatoms. The monoisotopic (exact) mass is 880 g/mol. The SMILES string of the molecule is CC/C=C/C/C=C/C/C=C/C/C=C/CCCCCCCCCC(=O)OCC(COCCC(C(=O)[O-])[N+](C)(C)C)OC(=O)CCCCCCCCCCC/C=C/C/C=C/C/C=C/CC. The van der Waals surface area contributed by atoms with Gasteiger partial charge in [-0.25, -0.2) is 0 Å². The van der Waals surface area contributed by atoms with Crippen LogP contribution >= 0.6 is 0 Å². The average molecular weight is 880 g/mol. The molecule has 0 saturated heterocycles. The minimum atomic E-state index is -1.13. The maximum atomic E-state index is 12.8. The summed E-state index contributed by atoms with van der Waals surface area (Å²) in [6.45, 7) is 4.42. The fourth-order valence-electron chi connectivity index (χ4n) is 6.96. The van der Waals surface area contributed by atoms with Gasteiger partial charge in [0.15, 0.2) is 6.10 Å². The number of carbonyl (C=O) groups excluding carboxylic acids is 3. The van der Waals surface area contributed by atoms with Gasteiger partial charge in [0.2, 0.25) is 0 Å². The number of likely N-dealkylation sites (N-methyl/N-ethyl adjacent to an activating group) is 1. The Bertz CT molecular complexity index is 1300. The highest BCUT2D eigenvalue weighted by Gasteiger charge is 2.25. The Kier molecular flexibility index (Phi) is 42.6. The van der Waals surface area contributed by atoms with E-state index in [4.69, 9.17) is 14.2 Å². The van der Waals surface area contributed by atoms with Crippen LogP contribution in [0.25, 0.3) is 0 Å². The second-order valence-electron chi connectivity index (χ2n) is 17.6. The first-order chi connectivity index (χ1) is 30.6. The van der Waals surface area contributed by atoms with Crippen LogP contribution in [-0.4, -0.2) is 75.5 Å². The molecule has 8 nitrogen and oxygen atoms in total. The second-order valence-corrected chi connectivity index (χ2v) is 17.6. The summed E-state index contributed by atoms with van der Waals surface area (Å²) in [5.74, 6) is -1.76. The molecule has 0 aromatic heterocycles. The maximum absolute atomic E-state index is 12.8. The first-order valence-corrected chi connectivity index (χ1v) is 25.1. The molecule has 0 amide bonds. The number of quaternary nitrogens is 1. The van der Waals surface area contributed by atoms with Crippen LogP contribution in [0.3, 0.4) is 0 Å². The van der Waals surface area contributed by atoms with Crippen molar-refractivity contribution in [3.05, 3.63) is 85.1 Å². The van der Waals surface area contributed by atoms with Crippen LogP contribution in [0.5, 0.6) is 0 Å². The highest BCUT2D eigenvalue weighted by atomic mass is 16.6. The third-order valence-electron chi connectivity index (χ3n) is 10.8. The molecule has 0 aromatic carbocycles. The Hall–Kier alpha value is -3.49. The van der Waals surface area contributed by atoms with E-state index in [-0.39, 0.29) is 42.7 Å². The number of nitrogens with zero attached hydrogens (tertiary/aromatic N) is 1. The van der Waals surface area contributed by atoms with Gasteiger partial charge in [-0.05, 0) is 83.5 Å². The number of carbonyl (C=O) groups is 3. The number of unbranched alkanes of at least 4 members (excludes halogenated alkanes) is 16. The third kappa shape index (κ3) is 43.5. The topological polar surface area (TPSA) is 102 Å². The van der Waals surface area contributed by atoms with Crippen molar-refractivity contribution >= 4 is 17.9 Å². The Morgan fingerprint density at radius 2 is 0.841 bits per heavy atom. The molecule has 0 saturated carbocycles. The molecule has 0 aliphatic carbocycles. The number of carboxylic acid groups (broad SMARTS) is 1. The van der Waals surface area contributed by atoms with E-state index in [1.807, 2.05) is 0 Å². The number of hydrogen-bond donors (Lipinski definition) is 0. The third-order valence-corrected chi connectivity index (χ3v) is 10.8. The van der Waals surface area contributed by atoms with Gasteiger partial charge >= 0.3 is 11.9 Å². The smallest absolute Gasteiger partial charge is 0.306 e. The van der Waals surface area contributed by atoms with Crippen LogP contribution in [0.1, 0.15) is 194 Å². The van der Waals surface area contributed by atoms with E-state index >= 15 is 0 Å². The summed E-state index contributed by atoms with van der Waals surface area (Å²) in [5, 5.41) is 11.7. The van der Waals surface area contributed by atoms with Crippen LogP contribution in [0, 0.1) is 0 Å². The summed E-state index contributed by atoms with van der Waals surface area (Å²) in [5.41, 5.74) is 0. The lowest BCUT2D eigenvalue weighted by Gasteiger charge is -2.34. The summed E-state index contributed by atoms with van der Waals surface area (Å²) >= 11 is 0. The highest BCUT2D eigenvalue weighted by Crippen LogP contribution is 2.14. The highest BCUT2D eigenvalue weighted by molar-refractivity contribution is 5.70. The number of ether oxygens (including phenoxy) is 3. The van der Waals surface area contributed by atoms with E-state index in [2.05, 4.69) is 98.9 Å². The molecule has 0 rings (SSSR count). The molecule has 0 radical (unpaired) electrons. The molecule has 63 heavy (non-hydrogen) atoms. The Morgan fingerprint density at radius 3 is 1.24 bits per heavy atom. The van der Waals surface area contributed by atoms with Gasteiger partial charge in [0.25, 0.3) is 0 Å². The number of aliphatic carboxylic acids is 1. The Balaban J connectivity index is 4.30. The van der Waals surface area contributed by atoms with Crippen molar-refractivity contribution in [3.63, 3.8) is 0 Å². The van der Waals surface area contributed by atoms with Crippen molar-refractivity contribution in [1.29, 1.82) is 0 Å². The zero-order valence-electron chi connectivity index (χ0n) is 41.0.